The van der Waals surface area contributed by atoms with Crippen LogP contribution in [0.3, 0.4) is 0 Å². The van der Waals surface area contributed by atoms with Crippen molar-refractivity contribution < 1.29 is 0 Å². The lowest BCUT2D eigenvalue weighted by atomic mass is 9.90. The molecule has 0 amide bonds. The molecule has 0 N–H and O–H groups in total. The van der Waals surface area contributed by atoms with E-state index < -0.39 is 0 Å². The number of aromatic nitrogens is 2. The third-order valence-electron chi connectivity index (χ3n) is 8.04. The van der Waals surface area contributed by atoms with Crippen molar-refractivity contribution in [3.8, 4) is 0 Å². The number of piperidine rings is 1. The number of benzene rings is 1. The lowest BCUT2D eigenvalue weighted by Crippen LogP contribution is -2.38. The first-order valence-corrected chi connectivity index (χ1v) is 12.7. The van der Waals surface area contributed by atoms with Gasteiger partial charge in [-0.3, -0.25) is 0 Å². The van der Waals surface area contributed by atoms with E-state index in [2.05, 4.69) is 45.7 Å². The van der Waals surface area contributed by atoms with Crippen LogP contribution < -0.4 is 0 Å². The van der Waals surface area contributed by atoms with Crippen LogP contribution in [0.2, 0.25) is 0 Å². The highest BCUT2D eigenvalue weighted by Crippen LogP contribution is 2.35. The van der Waals surface area contributed by atoms with E-state index in [0.717, 1.165) is 12.5 Å². The fourth-order valence-corrected chi connectivity index (χ4v) is 6.33. The van der Waals surface area contributed by atoms with Gasteiger partial charge in [-0.05, 0) is 63.7 Å². The summed E-state index contributed by atoms with van der Waals surface area (Å²) in [5, 5.41) is 0. The van der Waals surface area contributed by atoms with Crippen LogP contribution >= 0.6 is 0 Å². The van der Waals surface area contributed by atoms with Crippen molar-refractivity contribution in [1.82, 2.24) is 19.4 Å². The van der Waals surface area contributed by atoms with E-state index in [0.29, 0.717) is 12.0 Å². The number of hydrogen-bond donors (Lipinski definition) is 0. The predicted molar refractivity (Wildman–Crippen MR) is 125 cm³/mol. The Balaban J connectivity index is 1.28. The fourth-order valence-electron chi connectivity index (χ4n) is 6.33. The van der Waals surface area contributed by atoms with Crippen molar-refractivity contribution in [3.05, 3.63) is 30.1 Å². The van der Waals surface area contributed by atoms with Gasteiger partial charge >= 0.3 is 0 Å². The second-order valence-corrected chi connectivity index (χ2v) is 10.3. The second kappa shape index (κ2) is 9.40. The molecule has 1 aliphatic carbocycles. The molecular weight excluding hydrogens is 368 g/mol. The van der Waals surface area contributed by atoms with Crippen LogP contribution in [0.1, 0.15) is 82.0 Å². The number of nitrogens with zero attached hydrogens (tertiary/aromatic N) is 4. The molecule has 1 aromatic carbocycles. The molecule has 2 saturated heterocycles. The molecule has 4 heteroatoms. The predicted octanol–water partition coefficient (Wildman–Crippen LogP) is 5.45. The summed E-state index contributed by atoms with van der Waals surface area (Å²) in [6, 6.07) is 9.45. The largest absolute Gasteiger partial charge is 0.324 e. The minimum atomic E-state index is 0.593. The van der Waals surface area contributed by atoms with Crippen LogP contribution in [0.25, 0.3) is 11.0 Å². The molecule has 2 aliphatic heterocycles. The summed E-state index contributed by atoms with van der Waals surface area (Å²) in [6.45, 7) is 6.23. The van der Waals surface area contributed by atoms with Gasteiger partial charge in [0.15, 0.2) is 0 Å². The van der Waals surface area contributed by atoms with Crippen LogP contribution in [0, 0.1) is 5.92 Å². The van der Waals surface area contributed by atoms with Gasteiger partial charge in [0, 0.05) is 38.1 Å². The third-order valence-corrected chi connectivity index (χ3v) is 8.04. The first-order chi connectivity index (χ1) is 14.8. The van der Waals surface area contributed by atoms with Gasteiger partial charge in [0.25, 0.3) is 0 Å². The Morgan fingerprint density at radius 1 is 0.867 bits per heavy atom. The van der Waals surface area contributed by atoms with Crippen LogP contribution in [0.5, 0.6) is 0 Å². The minimum absolute atomic E-state index is 0.593. The van der Waals surface area contributed by atoms with Crippen molar-refractivity contribution >= 4 is 11.0 Å². The fraction of sp³-hybridized carbons (Fsp3) is 0.731. The molecule has 3 aliphatic rings. The van der Waals surface area contributed by atoms with E-state index in [-0.39, 0.29) is 0 Å². The first-order valence-electron chi connectivity index (χ1n) is 12.7. The van der Waals surface area contributed by atoms with Crippen LogP contribution in [0.4, 0.5) is 0 Å². The molecular formula is C26H40N4. The average molecular weight is 409 g/mol. The van der Waals surface area contributed by atoms with E-state index in [4.69, 9.17) is 4.98 Å². The summed E-state index contributed by atoms with van der Waals surface area (Å²) in [7, 11) is 2.25. The molecule has 30 heavy (non-hydrogen) atoms. The van der Waals surface area contributed by atoms with E-state index in [1.165, 1.54) is 107 Å². The molecule has 5 rings (SSSR count). The molecule has 0 spiro atoms. The quantitative estimate of drug-likeness (QED) is 0.672. The van der Waals surface area contributed by atoms with Gasteiger partial charge in [0.05, 0.1) is 11.0 Å². The Morgan fingerprint density at radius 2 is 1.60 bits per heavy atom. The number of fused-ring (bicyclic) bond motifs is 1. The number of imidazole rings is 1. The maximum atomic E-state index is 5.16. The van der Waals surface area contributed by atoms with Gasteiger partial charge in [-0.15, -0.1) is 0 Å². The SMILES string of the molecule is CN1CC[C@@H](c2nc3ccccc3n2C2CCN(CC3CCCCCCC3)CC2)C1. The third kappa shape index (κ3) is 4.45. The van der Waals surface area contributed by atoms with E-state index >= 15 is 0 Å². The zero-order chi connectivity index (χ0) is 20.3. The van der Waals surface area contributed by atoms with Crippen molar-refractivity contribution in [3.63, 3.8) is 0 Å². The Morgan fingerprint density at radius 3 is 2.33 bits per heavy atom. The normalized spacial score (nSPS) is 26.2. The molecule has 0 bridgehead atoms. The summed E-state index contributed by atoms with van der Waals surface area (Å²) in [5.41, 5.74) is 2.56. The zero-order valence-electron chi connectivity index (χ0n) is 18.9. The van der Waals surface area contributed by atoms with Crippen LogP contribution in [-0.4, -0.2) is 59.1 Å². The molecule has 1 saturated carbocycles. The topological polar surface area (TPSA) is 24.3 Å². The van der Waals surface area contributed by atoms with Gasteiger partial charge in [-0.2, -0.15) is 0 Å². The average Bonchev–Trinajstić information content (AvgIpc) is 3.34. The maximum absolute atomic E-state index is 5.16. The number of likely N-dealkylation sites (N-methyl/N-ethyl adjacent to an activating group) is 1. The van der Waals surface area contributed by atoms with Crippen molar-refractivity contribution in [2.75, 3.05) is 39.8 Å². The Kier molecular flexibility index (Phi) is 6.42. The Labute approximate surface area is 182 Å². The summed E-state index contributed by atoms with van der Waals surface area (Å²) >= 11 is 0. The highest BCUT2D eigenvalue weighted by atomic mass is 15.2. The lowest BCUT2D eigenvalue weighted by molar-refractivity contribution is 0.151. The molecule has 1 aromatic heterocycles. The summed E-state index contributed by atoms with van der Waals surface area (Å²) in [6.07, 6.45) is 14.1. The van der Waals surface area contributed by atoms with Gasteiger partial charge in [0.2, 0.25) is 0 Å². The molecule has 164 valence electrons. The van der Waals surface area contributed by atoms with E-state index in [9.17, 15) is 0 Å². The van der Waals surface area contributed by atoms with Crippen molar-refractivity contribution in [1.29, 1.82) is 0 Å². The molecule has 1 atom stereocenters. The van der Waals surface area contributed by atoms with Gasteiger partial charge < -0.3 is 14.4 Å². The monoisotopic (exact) mass is 408 g/mol. The van der Waals surface area contributed by atoms with Crippen LogP contribution in [-0.2, 0) is 0 Å². The molecule has 2 aromatic rings. The molecule has 4 nitrogen and oxygen atoms in total. The molecule has 0 unspecified atom stereocenters. The standard InChI is InChI=1S/C26H40N4/c1-28-16-13-22(20-28)26-27-24-11-7-8-12-25(24)30(26)23-14-17-29(18-15-23)19-21-9-5-3-2-4-6-10-21/h7-8,11-12,21-23H,2-6,9-10,13-20H2,1H3/t22-/m1/s1. The molecule has 3 fully saturated rings. The molecule has 3 heterocycles. The van der Waals surface area contributed by atoms with E-state index in [1.54, 1.807) is 0 Å². The van der Waals surface area contributed by atoms with Gasteiger partial charge in [-0.25, -0.2) is 4.98 Å². The number of likely N-dealkylation sites (tertiary alicyclic amines) is 2. The maximum Gasteiger partial charge on any atom is 0.114 e. The Hall–Kier alpha value is -1.39. The first kappa shape index (κ1) is 20.5. The smallest absolute Gasteiger partial charge is 0.114 e. The summed E-state index contributed by atoms with van der Waals surface area (Å²) in [5.74, 6) is 2.90. The molecule has 0 radical (unpaired) electrons. The van der Waals surface area contributed by atoms with Gasteiger partial charge in [-0.1, -0.05) is 44.2 Å². The number of rotatable bonds is 4. The lowest BCUT2D eigenvalue weighted by Gasteiger charge is -2.36. The highest BCUT2D eigenvalue weighted by molar-refractivity contribution is 5.76. The van der Waals surface area contributed by atoms with Crippen molar-refractivity contribution in [2.24, 2.45) is 5.92 Å². The summed E-state index contributed by atoms with van der Waals surface area (Å²) in [4.78, 5) is 10.4. The minimum Gasteiger partial charge on any atom is -0.324 e. The van der Waals surface area contributed by atoms with Crippen molar-refractivity contribution in [2.45, 2.75) is 76.2 Å². The van der Waals surface area contributed by atoms with E-state index in [1.807, 2.05) is 0 Å². The van der Waals surface area contributed by atoms with Gasteiger partial charge in [0.1, 0.15) is 5.82 Å². The summed E-state index contributed by atoms with van der Waals surface area (Å²) < 4.78 is 2.66. The Bertz CT molecular complexity index is 812. The van der Waals surface area contributed by atoms with Crippen LogP contribution in [0.15, 0.2) is 24.3 Å². The highest BCUT2D eigenvalue weighted by Gasteiger charge is 2.31. The number of hydrogen-bond acceptors (Lipinski definition) is 3. The second-order valence-electron chi connectivity index (χ2n) is 10.3. The zero-order valence-corrected chi connectivity index (χ0v) is 18.9. The number of para-hydroxylation sites is 2.